The molecule has 2 aliphatic carbocycles. The van der Waals surface area contributed by atoms with Gasteiger partial charge in [-0.3, -0.25) is 0 Å². The first-order chi connectivity index (χ1) is 15.1. The number of amides is 1. The van der Waals surface area contributed by atoms with E-state index < -0.39 is 12.1 Å². The third-order valence-electron chi connectivity index (χ3n) is 6.23. The van der Waals surface area contributed by atoms with E-state index in [1.165, 1.54) is 22.3 Å². The maximum Gasteiger partial charge on any atom is 0.407 e. The molecule has 3 aromatic carbocycles. The molecule has 0 bridgehead atoms. The molecule has 1 atom stereocenters. The van der Waals surface area contributed by atoms with E-state index in [1.807, 2.05) is 24.3 Å². The van der Waals surface area contributed by atoms with Crippen molar-refractivity contribution in [1.82, 2.24) is 5.32 Å². The standard InChI is InChI=1S/C26H23NO4/c28-25(29)18-13-11-17(12-14-18)24(16-9-10-16)27-26(30)31-15-23-21-7-3-1-5-19(21)20-6-2-4-8-22(20)23/h1-8,11-14,16,23-24H,9-10,15H2,(H,27,30)(H,28,29)/t24-/m1/s1. The van der Waals surface area contributed by atoms with Gasteiger partial charge in [-0.25, -0.2) is 9.59 Å². The van der Waals surface area contributed by atoms with Crippen LogP contribution in [0.1, 0.15) is 51.8 Å². The highest BCUT2D eigenvalue weighted by molar-refractivity contribution is 5.87. The van der Waals surface area contributed by atoms with Crippen LogP contribution in [0.25, 0.3) is 11.1 Å². The number of alkyl carbamates (subject to hydrolysis) is 1. The van der Waals surface area contributed by atoms with Gasteiger partial charge in [0.1, 0.15) is 6.61 Å². The van der Waals surface area contributed by atoms with E-state index in [4.69, 9.17) is 9.84 Å². The molecule has 1 saturated carbocycles. The summed E-state index contributed by atoms with van der Waals surface area (Å²) in [5, 5.41) is 12.1. The van der Waals surface area contributed by atoms with Crippen molar-refractivity contribution in [1.29, 1.82) is 0 Å². The molecule has 3 aromatic rings. The lowest BCUT2D eigenvalue weighted by atomic mass is 9.98. The van der Waals surface area contributed by atoms with Gasteiger partial charge in [0.25, 0.3) is 0 Å². The fourth-order valence-electron chi connectivity index (χ4n) is 4.50. The highest BCUT2D eigenvalue weighted by Gasteiger charge is 2.34. The summed E-state index contributed by atoms with van der Waals surface area (Å²) < 4.78 is 5.69. The number of ether oxygens (including phenoxy) is 1. The van der Waals surface area contributed by atoms with Crippen LogP contribution >= 0.6 is 0 Å². The van der Waals surface area contributed by atoms with Crippen molar-refractivity contribution >= 4 is 12.1 Å². The number of hydrogen-bond acceptors (Lipinski definition) is 3. The molecule has 1 amide bonds. The molecule has 5 nitrogen and oxygen atoms in total. The Morgan fingerprint density at radius 1 is 0.903 bits per heavy atom. The Hall–Kier alpha value is -3.60. The zero-order chi connectivity index (χ0) is 21.4. The monoisotopic (exact) mass is 413 g/mol. The molecule has 1 fully saturated rings. The van der Waals surface area contributed by atoms with Gasteiger partial charge in [-0.2, -0.15) is 0 Å². The summed E-state index contributed by atoms with van der Waals surface area (Å²) in [4.78, 5) is 23.8. The number of rotatable bonds is 6. The lowest BCUT2D eigenvalue weighted by molar-refractivity contribution is 0.0696. The molecule has 5 rings (SSSR count). The number of fused-ring (bicyclic) bond motifs is 3. The maximum absolute atomic E-state index is 12.7. The van der Waals surface area contributed by atoms with Crippen molar-refractivity contribution in [3.05, 3.63) is 95.1 Å². The Balaban J connectivity index is 1.29. The maximum atomic E-state index is 12.7. The molecule has 156 valence electrons. The smallest absolute Gasteiger partial charge is 0.407 e. The van der Waals surface area contributed by atoms with E-state index in [9.17, 15) is 9.59 Å². The van der Waals surface area contributed by atoms with E-state index in [0.717, 1.165) is 18.4 Å². The number of carboxylic acid groups (broad SMARTS) is 1. The Kier molecular flexibility index (Phi) is 4.94. The normalized spacial score (nSPS) is 15.6. The largest absolute Gasteiger partial charge is 0.478 e. The first-order valence-corrected chi connectivity index (χ1v) is 10.6. The number of benzene rings is 3. The molecule has 0 radical (unpaired) electrons. The molecule has 5 heteroatoms. The second-order valence-corrected chi connectivity index (χ2v) is 8.21. The fourth-order valence-corrected chi connectivity index (χ4v) is 4.50. The number of hydrogen-bond donors (Lipinski definition) is 2. The van der Waals surface area contributed by atoms with Gasteiger partial charge in [0.2, 0.25) is 0 Å². The molecule has 0 heterocycles. The first-order valence-electron chi connectivity index (χ1n) is 10.6. The Morgan fingerprint density at radius 3 is 2.03 bits per heavy atom. The van der Waals surface area contributed by atoms with E-state index in [1.54, 1.807) is 24.3 Å². The zero-order valence-electron chi connectivity index (χ0n) is 17.0. The van der Waals surface area contributed by atoms with E-state index >= 15 is 0 Å². The van der Waals surface area contributed by atoms with Crippen LogP contribution in [0.15, 0.2) is 72.8 Å². The van der Waals surface area contributed by atoms with Crippen LogP contribution in [0.2, 0.25) is 0 Å². The van der Waals surface area contributed by atoms with Gasteiger partial charge in [0.05, 0.1) is 11.6 Å². The van der Waals surface area contributed by atoms with Gasteiger partial charge >= 0.3 is 12.1 Å². The minimum atomic E-state index is -0.959. The molecular formula is C26H23NO4. The number of carbonyl (C=O) groups excluding carboxylic acids is 1. The summed E-state index contributed by atoms with van der Waals surface area (Å²) in [5.41, 5.74) is 5.89. The van der Waals surface area contributed by atoms with Crippen molar-refractivity contribution in [2.24, 2.45) is 5.92 Å². The van der Waals surface area contributed by atoms with Crippen molar-refractivity contribution in [3.63, 3.8) is 0 Å². The SMILES string of the molecule is O=C(N[C@@H](c1ccc(C(=O)O)cc1)C1CC1)OCC1c2ccccc2-c2ccccc21. The van der Waals surface area contributed by atoms with Gasteiger partial charge in [0.15, 0.2) is 0 Å². The van der Waals surface area contributed by atoms with E-state index in [0.29, 0.717) is 5.92 Å². The van der Waals surface area contributed by atoms with Crippen LogP contribution in [-0.4, -0.2) is 23.8 Å². The topological polar surface area (TPSA) is 75.6 Å². The second-order valence-electron chi connectivity index (χ2n) is 8.21. The number of carboxylic acids is 1. The minimum absolute atomic E-state index is 0.0207. The van der Waals surface area contributed by atoms with Crippen LogP contribution in [0.5, 0.6) is 0 Å². The lowest BCUT2D eigenvalue weighted by Crippen LogP contribution is -2.31. The summed E-state index contributed by atoms with van der Waals surface area (Å²) in [5.74, 6) is -0.581. The molecule has 0 spiro atoms. The van der Waals surface area contributed by atoms with E-state index in [2.05, 4.69) is 29.6 Å². The second kappa shape index (κ2) is 7.91. The quantitative estimate of drug-likeness (QED) is 0.569. The highest BCUT2D eigenvalue weighted by atomic mass is 16.5. The summed E-state index contributed by atoms with van der Waals surface area (Å²) in [6, 6.07) is 23.0. The molecule has 31 heavy (non-hydrogen) atoms. The number of carbonyl (C=O) groups is 2. The minimum Gasteiger partial charge on any atom is -0.478 e. The third kappa shape index (κ3) is 3.79. The van der Waals surface area contributed by atoms with Crippen molar-refractivity contribution < 1.29 is 19.4 Å². The van der Waals surface area contributed by atoms with Gasteiger partial charge in [-0.05, 0) is 58.7 Å². The van der Waals surface area contributed by atoms with Crippen LogP contribution in [0.3, 0.4) is 0 Å². The molecule has 0 unspecified atom stereocenters. The molecule has 0 saturated heterocycles. The van der Waals surface area contributed by atoms with Crippen molar-refractivity contribution in [3.8, 4) is 11.1 Å². The third-order valence-corrected chi connectivity index (χ3v) is 6.23. The van der Waals surface area contributed by atoms with Crippen molar-refractivity contribution in [2.45, 2.75) is 24.8 Å². The average molecular weight is 413 g/mol. The lowest BCUT2D eigenvalue weighted by Gasteiger charge is -2.20. The van der Waals surface area contributed by atoms with Crippen LogP contribution in [0.4, 0.5) is 4.79 Å². The number of aromatic carboxylic acids is 1. The van der Waals surface area contributed by atoms with Crippen LogP contribution < -0.4 is 5.32 Å². The predicted octanol–water partition coefficient (Wildman–Crippen LogP) is 5.37. The Labute approximate surface area is 180 Å². The molecule has 0 aliphatic heterocycles. The molecule has 2 N–H and O–H groups in total. The Morgan fingerprint density at radius 2 is 1.48 bits per heavy atom. The van der Waals surface area contributed by atoms with Crippen molar-refractivity contribution in [2.75, 3.05) is 6.61 Å². The van der Waals surface area contributed by atoms with Gasteiger partial charge in [-0.15, -0.1) is 0 Å². The van der Waals surface area contributed by atoms with Gasteiger partial charge in [-0.1, -0.05) is 60.7 Å². The average Bonchev–Trinajstić information content (AvgIpc) is 3.59. The summed E-state index contributed by atoms with van der Waals surface area (Å²) in [6.45, 7) is 0.273. The summed E-state index contributed by atoms with van der Waals surface area (Å²) in [7, 11) is 0. The summed E-state index contributed by atoms with van der Waals surface area (Å²) >= 11 is 0. The predicted molar refractivity (Wildman–Crippen MR) is 117 cm³/mol. The Bertz CT molecular complexity index is 1090. The van der Waals surface area contributed by atoms with Gasteiger partial charge in [0, 0.05) is 5.92 Å². The summed E-state index contributed by atoms with van der Waals surface area (Å²) in [6.07, 6.45) is 1.63. The molecule has 0 aromatic heterocycles. The van der Waals surface area contributed by atoms with Gasteiger partial charge < -0.3 is 15.2 Å². The molecule has 2 aliphatic rings. The number of nitrogens with one attached hydrogen (secondary N) is 1. The fraction of sp³-hybridized carbons (Fsp3) is 0.231. The van der Waals surface area contributed by atoms with Crippen LogP contribution in [-0.2, 0) is 4.74 Å². The molecular weight excluding hydrogens is 390 g/mol. The highest BCUT2D eigenvalue weighted by Crippen LogP contribution is 2.45. The van der Waals surface area contributed by atoms with E-state index in [-0.39, 0.29) is 24.1 Å². The zero-order valence-corrected chi connectivity index (χ0v) is 17.0. The first kappa shape index (κ1) is 19.4. The van der Waals surface area contributed by atoms with Crippen LogP contribution in [0, 0.1) is 5.92 Å².